The number of ether oxygens (including phenoxy) is 2. The van der Waals surface area contributed by atoms with Gasteiger partial charge in [0.25, 0.3) is 11.8 Å². The molecule has 0 saturated carbocycles. The van der Waals surface area contributed by atoms with Crippen molar-refractivity contribution in [1.82, 2.24) is 5.32 Å². The van der Waals surface area contributed by atoms with Gasteiger partial charge in [0.05, 0.1) is 7.11 Å². The van der Waals surface area contributed by atoms with Crippen LogP contribution in [0.25, 0.3) is 0 Å². The van der Waals surface area contributed by atoms with Crippen molar-refractivity contribution >= 4 is 23.5 Å². The highest BCUT2D eigenvalue weighted by molar-refractivity contribution is 5.97. The second kappa shape index (κ2) is 9.55. The summed E-state index contributed by atoms with van der Waals surface area (Å²) in [6.45, 7) is 5.01. The SMILES string of the molecule is COc1cccc(C(=O)NCC(=O)OCC(=O)Nc2c(C)cc(C)cc2C)c1. The van der Waals surface area contributed by atoms with Gasteiger partial charge in [0, 0.05) is 11.3 Å². The summed E-state index contributed by atoms with van der Waals surface area (Å²) in [5.41, 5.74) is 4.03. The molecule has 148 valence electrons. The minimum Gasteiger partial charge on any atom is -0.497 e. The molecule has 0 atom stereocenters. The first-order chi connectivity index (χ1) is 13.3. The van der Waals surface area contributed by atoms with Gasteiger partial charge < -0.3 is 20.1 Å². The summed E-state index contributed by atoms with van der Waals surface area (Å²) >= 11 is 0. The topological polar surface area (TPSA) is 93.7 Å². The van der Waals surface area contributed by atoms with E-state index in [1.807, 2.05) is 32.9 Å². The molecule has 7 nitrogen and oxygen atoms in total. The number of nitrogens with one attached hydrogen (secondary N) is 2. The highest BCUT2D eigenvalue weighted by Gasteiger charge is 2.13. The number of hydrogen-bond donors (Lipinski definition) is 2. The summed E-state index contributed by atoms with van der Waals surface area (Å²) in [7, 11) is 1.50. The Labute approximate surface area is 164 Å². The Balaban J connectivity index is 1.80. The van der Waals surface area contributed by atoms with E-state index in [0.29, 0.717) is 17.0 Å². The number of aryl methyl sites for hydroxylation is 3. The van der Waals surface area contributed by atoms with Crippen molar-refractivity contribution in [3.8, 4) is 5.75 Å². The largest absolute Gasteiger partial charge is 0.497 e. The molecule has 2 aromatic rings. The quantitative estimate of drug-likeness (QED) is 0.716. The van der Waals surface area contributed by atoms with Crippen molar-refractivity contribution in [3.63, 3.8) is 0 Å². The molecule has 0 aliphatic heterocycles. The van der Waals surface area contributed by atoms with Crippen LogP contribution < -0.4 is 15.4 Å². The molecular weight excluding hydrogens is 360 g/mol. The summed E-state index contributed by atoms with van der Waals surface area (Å²) in [4.78, 5) is 35.9. The van der Waals surface area contributed by atoms with Gasteiger partial charge in [-0.3, -0.25) is 14.4 Å². The summed E-state index contributed by atoms with van der Waals surface area (Å²) in [5.74, 6) is -1.05. The minimum absolute atomic E-state index is 0.341. The average molecular weight is 384 g/mol. The smallest absolute Gasteiger partial charge is 0.325 e. The normalized spacial score (nSPS) is 10.1. The van der Waals surface area contributed by atoms with Crippen LogP contribution in [0.2, 0.25) is 0 Å². The van der Waals surface area contributed by atoms with Crippen molar-refractivity contribution in [3.05, 3.63) is 58.7 Å². The Bertz CT molecular complexity index is 869. The average Bonchev–Trinajstić information content (AvgIpc) is 2.67. The first kappa shape index (κ1) is 21.0. The first-order valence-corrected chi connectivity index (χ1v) is 8.75. The zero-order valence-corrected chi connectivity index (χ0v) is 16.4. The van der Waals surface area contributed by atoms with E-state index in [0.717, 1.165) is 16.7 Å². The van der Waals surface area contributed by atoms with Gasteiger partial charge in [-0.25, -0.2) is 0 Å². The molecule has 2 rings (SSSR count). The molecule has 0 fully saturated rings. The van der Waals surface area contributed by atoms with E-state index >= 15 is 0 Å². The molecule has 2 N–H and O–H groups in total. The van der Waals surface area contributed by atoms with Gasteiger partial charge in [0.15, 0.2) is 6.61 Å². The van der Waals surface area contributed by atoms with Crippen molar-refractivity contribution in [2.45, 2.75) is 20.8 Å². The number of benzene rings is 2. The predicted octanol–water partition coefficient (Wildman–Crippen LogP) is 2.53. The van der Waals surface area contributed by atoms with E-state index in [1.165, 1.54) is 7.11 Å². The Morgan fingerprint density at radius 3 is 2.32 bits per heavy atom. The summed E-state index contributed by atoms with van der Waals surface area (Å²) < 4.78 is 9.97. The van der Waals surface area contributed by atoms with Gasteiger partial charge in [0.1, 0.15) is 12.3 Å². The standard InChI is InChI=1S/C21H24N2O5/c1-13-8-14(2)20(15(3)9-13)23-18(24)12-28-19(25)11-22-21(26)16-6-5-7-17(10-16)27-4/h5-10H,11-12H2,1-4H3,(H,22,26)(H,23,24). The van der Waals surface area contributed by atoms with Crippen LogP contribution in [0.4, 0.5) is 5.69 Å². The highest BCUT2D eigenvalue weighted by atomic mass is 16.5. The summed E-state index contributed by atoms with van der Waals surface area (Å²) in [6, 6.07) is 10.5. The van der Waals surface area contributed by atoms with Crippen LogP contribution in [0.15, 0.2) is 36.4 Å². The van der Waals surface area contributed by atoms with Crippen molar-refractivity contribution in [2.75, 3.05) is 25.6 Å². The Kier molecular flexibility index (Phi) is 7.14. The minimum atomic E-state index is -0.705. The number of anilines is 1. The van der Waals surface area contributed by atoms with E-state index in [4.69, 9.17) is 9.47 Å². The van der Waals surface area contributed by atoms with E-state index in [2.05, 4.69) is 10.6 Å². The van der Waals surface area contributed by atoms with Gasteiger partial charge in [-0.1, -0.05) is 23.8 Å². The molecule has 2 aromatic carbocycles. The Morgan fingerprint density at radius 2 is 1.68 bits per heavy atom. The number of carbonyl (C=O) groups is 3. The van der Waals surface area contributed by atoms with Crippen LogP contribution in [-0.4, -0.2) is 38.0 Å². The number of esters is 1. The maximum Gasteiger partial charge on any atom is 0.325 e. The second-order valence-electron chi connectivity index (χ2n) is 6.40. The molecular formula is C21H24N2O5. The third-order valence-electron chi connectivity index (χ3n) is 4.03. The molecule has 28 heavy (non-hydrogen) atoms. The Morgan fingerprint density at radius 1 is 1.00 bits per heavy atom. The van der Waals surface area contributed by atoms with Crippen molar-refractivity contribution in [1.29, 1.82) is 0 Å². The summed E-state index contributed by atoms with van der Waals surface area (Å²) in [6.07, 6.45) is 0. The monoisotopic (exact) mass is 384 g/mol. The number of amides is 2. The molecule has 0 aliphatic carbocycles. The second-order valence-corrected chi connectivity index (χ2v) is 6.40. The zero-order chi connectivity index (χ0) is 20.7. The lowest BCUT2D eigenvalue weighted by Gasteiger charge is -2.13. The number of carbonyl (C=O) groups excluding carboxylic acids is 3. The van der Waals surface area contributed by atoms with Crippen LogP contribution in [0, 0.1) is 20.8 Å². The zero-order valence-electron chi connectivity index (χ0n) is 16.4. The van der Waals surface area contributed by atoms with Gasteiger partial charge in [-0.15, -0.1) is 0 Å². The van der Waals surface area contributed by atoms with E-state index < -0.39 is 24.4 Å². The molecule has 7 heteroatoms. The molecule has 0 bridgehead atoms. The number of hydrogen-bond acceptors (Lipinski definition) is 5. The molecule has 0 heterocycles. The fourth-order valence-electron chi connectivity index (χ4n) is 2.77. The molecule has 0 aromatic heterocycles. The van der Waals surface area contributed by atoms with Crippen molar-refractivity contribution < 1.29 is 23.9 Å². The van der Waals surface area contributed by atoms with Crippen LogP contribution in [0.3, 0.4) is 0 Å². The molecule has 2 amide bonds. The molecule has 0 radical (unpaired) electrons. The number of rotatable bonds is 7. The Hall–Kier alpha value is -3.35. The van der Waals surface area contributed by atoms with Crippen LogP contribution >= 0.6 is 0 Å². The lowest BCUT2D eigenvalue weighted by molar-refractivity contribution is -0.146. The van der Waals surface area contributed by atoms with Crippen molar-refractivity contribution in [2.24, 2.45) is 0 Å². The molecule has 0 spiro atoms. The van der Waals surface area contributed by atoms with Crippen LogP contribution in [0.1, 0.15) is 27.0 Å². The maximum absolute atomic E-state index is 12.0. The van der Waals surface area contributed by atoms with Crippen LogP contribution in [0.5, 0.6) is 5.75 Å². The highest BCUT2D eigenvalue weighted by Crippen LogP contribution is 2.21. The van der Waals surface area contributed by atoms with Gasteiger partial charge in [0.2, 0.25) is 0 Å². The fourth-order valence-corrected chi connectivity index (χ4v) is 2.77. The summed E-state index contributed by atoms with van der Waals surface area (Å²) in [5, 5.41) is 5.19. The van der Waals surface area contributed by atoms with Gasteiger partial charge in [-0.05, 0) is 50.1 Å². The van der Waals surface area contributed by atoms with Gasteiger partial charge >= 0.3 is 5.97 Å². The third kappa shape index (κ3) is 5.84. The van der Waals surface area contributed by atoms with E-state index in [-0.39, 0.29) is 6.54 Å². The molecule has 0 aliphatic rings. The predicted molar refractivity (Wildman–Crippen MR) is 106 cm³/mol. The van der Waals surface area contributed by atoms with E-state index in [1.54, 1.807) is 24.3 Å². The molecule has 0 saturated heterocycles. The third-order valence-corrected chi connectivity index (χ3v) is 4.03. The fraction of sp³-hybridized carbons (Fsp3) is 0.286. The first-order valence-electron chi connectivity index (χ1n) is 8.75. The lowest BCUT2D eigenvalue weighted by Crippen LogP contribution is -2.32. The van der Waals surface area contributed by atoms with Gasteiger partial charge in [-0.2, -0.15) is 0 Å². The molecule has 0 unspecified atom stereocenters. The number of methoxy groups -OCH3 is 1. The lowest BCUT2D eigenvalue weighted by atomic mass is 10.1. The maximum atomic E-state index is 12.0. The van der Waals surface area contributed by atoms with E-state index in [9.17, 15) is 14.4 Å². The van der Waals surface area contributed by atoms with Crippen LogP contribution in [-0.2, 0) is 14.3 Å².